The Labute approximate surface area is 274 Å². The first-order valence-corrected chi connectivity index (χ1v) is 15.8. The average molecular weight is 620 g/mol. The summed E-state index contributed by atoms with van der Waals surface area (Å²) in [4.78, 5) is 21.5. The Morgan fingerprint density at radius 1 is 0.681 bits per heavy atom. The highest BCUT2D eigenvalue weighted by Gasteiger charge is 2.28. The third-order valence-electron chi connectivity index (χ3n) is 8.39. The van der Waals surface area contributed by atoms with Gasteiger partial charge in [0.05, 0.1) is 10.9 Å². The summed E-state index contributed by atoms with van der Waals surface area (Å²) in [5, 5.41) is 12.6. The van der Waals surface area contributed by atoms with E-state index in [0.29, 0.717) is 33.9 Å². The summed E-state index contributed by atoms with van der Waals surface area (Å²) in [5.74, 6) is 1.39. The molecule has 7 nitrogen and oxygen atoms in total. The molecule has 0 unspecified atom stereocenters. The zero-order chi connectivity index (χ0) is 32.9. The number of aromatic hydroxyl groups is 1. The maximum atomic E-state index is 11.8. The third kappa shape index (κ3) is 5.58. The van der Waals surface area contributed by atoms with E-state index in [1.165, 1.54) is 0 Å². The second-order valence-electron chi connectivity index (χ2n) is 13.9. The lowest BCUT2D eigenvalue weighted by atomic mass is 9.79. The van der Waals surface area contributed by atoms with E-state index in [-0.39, 0.29) is 16.6 Å². The topological polar surface area (TPSA) is 88.2 Å². The summed E-state index contributed by atoms with van der Waals surface area (Å²) < 4.78 is 6.36. The summed E-state index contributed by atoms with van der Waals surface area (Å²) in [5.41, 5.74) is 7.02. The van der Waals surface area contributed by atoms with Crippen molar-refractivity contribution in [2.24, 2.45) is 0 Å². The van der Waals surface area contributed by atoms with E-state index >= 15 is 0 Å². The number of para-hydroxylation sites is 1. The van der Waals surface area contributed by atoms with Crippen molar-refractivity contribution in [3.8, 4) is 28.4 Å². The molecular formula is C40H37N5O2. The number of phenolic OH excluding ortho intramolecular Hbond substituents is 1. The van der Waals surface area contributed by atoms with Gasteiger partial charge in [-0.25, -0.2) is 19.9 Å². The number of fused-ring (bicyclic) bond motifs is 3. The molecule has 0 radical (unpaired) electrons. The number of phenols is 1. The lowest BCUT2D eigenvalue weighted by molar-refractivity contribution is 0.446. The molecular weight excluding hydrogens is 582 g/mol. The maximum Gasteiger partial charge on any atom is 0.229 e. The molecule has 0 aliphatic rings. The van der Waals surface area contributed by atoms with Crippen LogP contribution in [0.3, 0.4) is 0 Å². The van der Waals surface area contributed by atoms with E-state index in [0.717, 1.165) is 39.3 Å². The third-order valence-corrected chi connectivity index (χ3v) is 8.39. The molecule has 234 valence electrons. The number of hydrogen-bond donors (Lipinski definition) is 1. The molecule has 0 atom stereocenters. The minimum Gasteiger partial charge on any atom is -0.507 e. The number of aromatic nitrogens is 4. The second kappa shape index (κ2) is 11.4. The fourth-order valence-electron chi connectivity index (χ4n) is 5.87. The smallest absolute Gasteiger partial charge is 0.229 e. The van der Waals surface area contributed by atoms with Gasteiger partial charge in [-0.05, 0) is 71.0 Å². The van der Waals surface area contributed by atoms with Gasteiger partial charge in [0.1, 0.15) is 22.8 Å². The predicted molar refractivity (Wildman–Crippen MR) is 190 cm³/mol. The summed E-state index contributed by atoms with van der Waals surface area (Å²) in [6.07, 6.45) is 3.50. The van der Waals surface area contributed by atoms with Gasteiger partial charge >= 0.3 is 0 Å². The minimum absolute atomic E-state index is 0.164. The zero-order valence-corrected chi connectivity index (χ0v) is 27.5. The average Bonchev–Trinajstić information content (AvgIpc) is 3.43. The fourth-order valence-corrected chi connectivity index (χ4v) is 5.87. The molecule has 7 rings (SSSR count). The molecule has 0 aliphatic heterocycles. The van der Waals surface area contributed by atoms with Crippen molar-refractivity contribution in [1.29, 1.82) is 0 Å². The molecule has 7 heteroatoms. The number of hydrogen-bond acceptors (Lipinski definition) is 7. The van der Waals surface area contributed by atoms with E-state index in [1.807, 2.05) is 66.7 Å². The van der Waals surface area contributed by atoms with Crippen LogP contribution in [0.2, 0.25) is 0 Å². The van der Waals surface area contributed by atoms with E-state index in [4.69, 9.17) is 14.4 Å². The van der Waals surface area contributed by atoms with Crippen molar-refractivity contribution in [1.82, 2.24) is 19.9 Å². The van der Waals surface area contributed by atoms with Crippen molar-refractivity contribution in [2.75, 3.05) is 4.90 Å². The van der Waals surface area contributed by atoms with Gasteiger partial charge in [-0.2, -0.15) is 0 Å². The normalized spacial score (nSPS) is 12.1. The van der Waals surface area contributed by atoms with Crippen LogP contribution < -0.4 is 4.90 Å². The van der Waals surface area contributed by atoms with Crippen LogP contribution in [0, 0.1) is 0 Å². The van der Waals surface area contributed by atoms with Crippen LogP contribution >= 0.6 is 0 Å². The summed E-state index contributed by atoms with van der Waals surface area (Å²) in [7, 11) is 0. The number of nitrogens with zero attached hydrogens (tertiary/aromatic N) is 5. The molecule has 0 saturated carbocycles. The zero-order valence-electron chi connectivity index (χ0n) is 27.5. The molecule has 7 aromatic rings. The monoisotopic (exact) mass is 619 g/mol. The molecule has 4 heterocycles. The van der Waals surface area contributed by atoms with Crippen molar-refractivity contribution >= 4 is 39.4 Å². The Bertz CT molecular complexity index is 2190. The first kappa shape index (κ1) is 30.1. The van der Waals surface area contributed by atoms with Crippen LogP contribution in [0.5, 0.6) is 5.75 Å². The van der Waals surface area contributed by atoms with Gasteiger partial charge in [0.2, 0.25) is 5.71 Å². The Balaban J connectivity index is 1.50. The Kier molecular flexibility index (Phi) is 7.27. The summed E-state index contributed by atoms with van der Waals surface area (Å²) in [6.45, 7) is 12.8. The van der Waals surface area contributed by atoms with E-state index in [2.05, 4.69) is 86.7 Å². The first-order valence-electron chi connectivity index (χ1n) is 15.8. The summed E-state index contributed by atoms with van der Waals surface area (Å²) in [6, 6.07) is 32.1. The van der Waals surface area contributed by atoms with Crippen LogP contribution in [0.25, 0.3) is 44.8 Å². The van der Waals surface area contributed by atoms with Crippen LogP contribution in [0.15, 0.2) is 114 Å². The van der Waals surface area contributed by atoms with Crippen LogP contribution in [0.1, 0.15) is 52.7 Å². The summed E-state index contributed by atoms with van der Waals surface area (Å²) >= 11 is 0. The van der Waals surface area contributed by atoms with Crippen LogP contribution in [0.4, 0.5) is 17.2 Å². The molecule has 3 aromatic carbocycles. The van der Waals surface area contributed by atoms with Crippen molar-refractivity contribution in [3.05, 3.63) is 121 Å². The number of anilines is 3. The predicted octanol–water partition coefficient (Wildman–Crippen LogP) is 10.3. The van der Waals surface area contributed by atoms with Gasteiger partial charge in [-0.3, -0.25) is 4.90 Å². The first-order chi connectivity index (χ1) is 22.5. The van der Waals surface area contributed by atoms with Gasteiger partial charge in [0.15, 0.2) is 11.4 Å². The van der Waals surface area contributed by atoms with Crippen molar-refractivity contribution in [3.63, 3.8) is 0 Å². The molecule has 0 aliphatic carbocycles. The van der Waals surface area contributed by atoms with E-state index in [1.54, 1.807) is 12.4 Å². The molecule has 47 heavy (non-hydrogen) atoms. The molecule has 0 amide bonds. The van der Waals surface area contributed by atoms with Crippen molar-refractivity contribution in [2.45, 2.75) is 52.4 Å². The van der Waals surface area contributed by atoms with Gasteiger partial charge in [0.25, 0.3) is 0 Å². The molecule has 0 saturated heterocycles. The van der Waals surface area contributed by atoms with Gasteiger partial charge in [-0.1, -0.05) is 84.0 Å². The Hall–Kier alpha value is -5.56. The Morgan fingerprint density at radius 2 is 1.43 bits per heavy atom. The Morgan fingerprint density at radius 3 is 2.15 bits per heavy atom. The second-order valence-corrected chi connectivity index (χ2v) is 13.9. The molecule has 0 fully saturated rings. The minimum atomic E-state index is -0.306. The number of benzene rings is 3. The molecule has 4 aromatic heterocycles. The SMILES string of the molecule is CC(C)(C)c1cc(-c2nc(-c3cccc(N(c4ccccc4)c4ccccn4)c3)c3oc4ncccc4c3n2)c(O)c(C(C)(C)C)c1. The highest BCUT2D eigenvalue weighted by atomic mass is 16.3. The number of rotatable bonds is 5. The highest BCUT2D eigenvalue weighted by Crippen LogP contribution is 2.44. The van der Waals surface area contributed by atoms with Gasteiger partial charge in [0, 0.05) is 34.9 Å². The highest BCUT2D eigenvalue weighted by molar-refractivity contribution is 6.06. The lowest BCUT2D eigenvalue weighted by Gasteiger charge is -2.27. The molecule has 0 bridgehead atoms. The van der Waals surface area contributed by atoms with Crippen LogP contribution in [-0.2, 0) is 10.8 Å². The van der Waals surface area contributed by atoms with Gasteiger partial charge in [-0.15, -0.1) is 0 Å². The van der Waals surface area contributed by atoms with Crippen molar-refractivity contribution < 1.29 is 9.52 Å². The standard InChI is InChI=1S/C40H37N5O2/c1-39(2,3)26-23-30(35(46)31(24-26)40(4,5)6)37-43-33(36-34(44-37)29-18-13-21-42-38(29)47-36)25-14-12-17-28(22-25)45(27-15-8-7-9-16-27)32-19-10-11-20-41-32/h7-24,46H,1-6H3. The number of pyridine rings is 2. The van der Waals surface area contributed by atoms with E-state index in [9.17, 15) is 5.11 Å². The lowest BCUT2D eigenvalue weighted by Crippen LogP contribution is -2.17. The number of furan rings is 1. The van der Waals surface area contributed by atoms with E-state index < -0.39 is 0 Å². The fraction of sp³-hybridized carbons (Fsp3) is 0.200. The quantitative estimate of drug-likeness (QED) is 0.205. The van der Waals surface area contributed by atoms with Gasteiger partial charge < -0.3 is 9.52 Å². The molecule has 0 spiro atoms. The largest absolute Gasteiger partial charge is 0.507 e. The van der Waals surface area contributed by atoms with Crippen LogP contribution in [-0.4, -0.2) is 25.0 Å². The molecule has 1 N–H and O–H groups in total. The maximum absolute atomic E-state index is 11.8.